The molecule has 0 unspecified atom stereocenters. The van der Waals surface area contributed by atoms with Gasteiger partial charge in [-0.25, -0.2) is 4.98 Å². The minimum absolute atomic E-state index is 0.140. The molecule has 29 heavy (non-hydrogen) atoms. The third-order valence-corrected chi connectivity index (χ3v) is 7.19. The van der Waals surface area contributed by atoms with Crippen LogP contribution < -0.4 is 5.32 Å². The highest BCUT2D eigenvalue weighted by molar-refractivity contribution is 7.15. The van der Waals surface area contributed by atoms with Crippen LogP contribution in [0.1, 0.15) is 23.8 Å². The SMILES string of the molecule is C[C@@H](C(=O)Nc1ncc(Cc2ccccc2)s1)N1C(=O)[C@@H]2[C@H](C1=O)[C@H]1C=C[C@H]2C1. The van der Waals surface area contributed by atoms with Crippen LogP contribution in [-0.2, 0) is 20.8 Å². The monoisotopic (exact) mass is 407 g/mol. The van der Waals surface area contributed by atoms with Gasteiger partial charge in [-0.05, 0) is 30.7 Å². The van der Waals surface area contributed by atoms with Crippen LogP contribution >= 0.6 is 11.3 Å². The first kappa shape index (κ1) is 18.2. The van der Waals surface area contributed by atoms with E-state index < -0.39 is 6.04 Å². The summed E-state index contributed by atoms with van der Waals surface area (Å²) < 4.78 is 0. The van der Waals surface area contributed by atoms with E-state index in [0.29, 0.717) is 5.13 Å². The second kappa shape index (κ2) is 6.91. The summed E-state index contributed by atoms with van der Waals surface area (Å²) in [4.78, 5) is 45.0. The van der Waals surface area contributed by atoms with Crippen LogP contribution in [0, 0.1) is 23.7 Å². The van der Waals surface area contributed by atoms with E-state index in [2.05, 4.69) is 22.5 Å². The van der Waals surface area contributed by atoms with E-state index in [1.54, 1.807) is 13.1 Å². The number of benzene rings is 1. The number of hydrogen-bond donors (Lipinski definition) is 1. The third-order valence-electron chi connectivity index (χ3n) is 6.28. The topological polar surface area (TPSA) is 79.4 Å². The molecule has 3 aliphatic rings. The number of carbonyl (C=O) groups is 3. The minimum atomic E-state index is -0.846. The Bertz CT molecular complexity index is 985. The van der Waals surface area contributed by atoms with Gasteiger partial charge in [0.1, 0.15) is 6.04 Å². The summed E-state index contributed by atoms with van der Waals surface area (Å²) in [5.41, 5.74) is 1.17. The number of carbonyl (C=O) groups excluding carboxylic acids is 3. The number of hydrogen-bond acceptors (Lipinski definition) is 5. The molecule has 2 aliphatic carbocycles. The van der Waals surface area contributed by atoms with Crippen LogP contribution in [0.15, 0.2) is 48.7 Å². The lowest BCUT2D eigenvalue weighted by Crippen LogP contribution is -2.46. The highest BCUT2D eigenvalue weighted by Gasteiger charge is 2.60. The Morgan fingerprint density at radius 1 is 1.17 bits per heavy atom. The van der Waals surface area contributed by atoms with Crippen molar-refractivity contribution in [3.8, 4) is 0 Å². The molecule has 2 heterocycles. The summed E-state index contributed by atoms with van der Waals surface area (Å²) in [7, 11) is 0. The summed E-state index contributed by atoms with van der Waals surface area (Å²) in [6, 6.07) is 9.19. The standard InChI is InChI=1S/C22H21N3O3S/c1-12(25-20(27)17-14-7-8-15(10-14)18(17)21(25)28)19(26)24-22-23-11-16(29-22)9-13-5-3-2-4-6-13/h2-8,11-12,14-15,17-18H,9-10H2,1H3,(H,23,24,26)/t12-,14-,15-,17-,18+/m0/s1. The van der Waals surface area contributed by atoms with Crippen molar-refractivity contribution in [2.75, 3.05) is 5.32 Å². The molecule has 3 amide bonds. The Kier molecular flexibility index (Phi) is 4.35. The molecule has 2 fully saturated rings. The Morgan fingerprint density at radius 3 is 2.48 bits per heavy atom. The van der Waals surface area contributed by atoms with E-state index in [0.717, 1.165) is 17.7 Å². The number of likely N-dealkylation sites (tertiary alicyclic amines) is 1. The first-order valence-corrected chi connectivity index (χ1v) is 10.7. The van der Waals surface area contributed by atoms with Crippen molar-refractivity contribution in [3.05, 3.63) is 59.1 Å². The number of imide groups is 1. The lowest BCUT2D eigenvalue weighted by atomic mass is 9.85. The van der Waals surface area contributed by atoms with Gasteiger partial charge in [-0.15, -0.1) is 11.3 Å². The van der Waals surface area contributed by atoms with Crippen LogP contribution in [0.2, 0.25) is 0 Å². The second-order valence-electron chi connectivity index (χ2n) is 8.01. The van der Waals surface area contributed by atoms with Crippen LogP contribution in [0.3, 0.4) is 0 Å². The maximum absolute atomic E-state index is 12.9. The Morgan fingerprint density at radius 2 is 1.83 bits per heavy atom. The van der Waals surface area contributed by atoms with E-state index in [4.69, 9.17) is 0 Å². The number of aromatic nitrogens is 1. The molecule has 7 heteroatoms. The number of anilines is 1. The molecular formula is C22H21N3O3S. The van der Waals surface area contributed by atoms with Crippen LogP contribution in [0.25, 0.3) is 0 Å². The van der Waals surface area contributed by atoms with Crippen molar-refractivity contribution < 1.29 is 14.4 Å². The Hall–Kier alpha value is -2.80. The highest BCUT2D eigenvalue weighted by Crippen LogP contribution is 2.52. The Balaban J connectivity index is 1.26. The molecule has 1 aromatic heterocycles. The number of rotatable bonds is 5. The van der Waals surface area contributed by atoms with Crippen molar-refractivity contribution in [1.82, 2.24) is 9.88 Å². The summed E-state index contributed by atoms with van der Waals surface area (Å²) in [5, 5.41) is 3.26. The first-order valence-electron chi connectivity index (χ1n) is 9.87. The average Bonchev–Trinajstić information content (AvgIpc) is 3.48. The summed E-state index contributed by atoms with van der Waals surface area (Å²) in [5.74, 6) is -1.09. The first-order chi connectivity index (χ1) is 14.0. The van der Waals surface area contributed by atoms with Gasteiger partial charge < -0.3 is 5.32 Å². The number of amides is 3. The molecule has 2 bridgehead atoms. The zero-order valence-corrected chi connectivity index (χ0v) is 16.8. The minimum Gasteiger partial charge on any atom is -0.300 e. The molecule has 5 atom stereocenters. The largest absolute Gasteiger partial charge is 0.300 e. The quantitative estimate of drug-likeness (QED) is 0.611. The summed E-state index contributed by atoms with van der Waals surface area (Å²) >= 11 is 1.40. The number of fused-ring (bicyclic) bond motifs is 5. The normalized spacial score (nSPS) is 28.1. The molecule has 1 N–H and O–H groups in total. The lowest BCUT2D eigenvalue weighted by molar-refractivity contribution is -0.146. The van der Waals surface area contributed by atoms with Crippen LogP contribution in [-0.4, -0.2) is 33.6 Å². The fraction of sp³-hybridized carbons (Fsp3) is 0.364. The van der Waals surface area contributed by atoms with Gasteiger partial charge in [0, 0.05) is 17.5 Å². The van der Waals surface area contributed by atoms with Gasteiger partial charge in [0.15, 0.2) is 5.13 Å². The third kappa shape index (κ3) is 3.00. The fourth-order valence-electron chi connectivity index (χ4n) is 4.88. The van der Waals surface area contributed by atoms with Gasteiger partial charge in [0.2, 0.25) is 17.7 Å². The maximum atomic E-state index is 12.9. The van der Waals surface area contributed by atoms with E-state index in [1.165, 1.54) is 21.8 Å². The van der Waals surface area contributed by atoms with Crippen LogP contribution in [0.5, 0.6) is 0 Å². The molecule has 1 aliphatic heterocycles. The van der Waals surface area contributed by atoms with Crippen molar-refractivity contribution in [1.29, 1.82) is 0 Å². The van der Waals surface area contributed by atoms with E-state index in [-0.39, 0.29) is 41.4 Å². The predicted octanol–water partition coefficient (Wildman–Crippen LogP) is 2.87. The van der Waals surface area contributed by atoms with Gasteiger partial charge >= 0.3 is 0 Å². The van der Waals surface area contributed by atoms with E-state index in [9.17, 15) is 14.4 Å². The van der Waals surface area contributed by atoms with E-state index in [1.807, 2.05) is 30.3 Å². The van der Waals surface area contributed by atoms with Crippen molar-refractivity contribution >= 4 is 34.2 Å². The molecular weight excluding hydrogens is 386 g/mol. The summed E-state index contributed by atoms with van der Waals surface area (Å²) in [6.45, 7) is 1.61. The fourth-order valence-corrected chi connectivity index (χ4v) is 5.73. The molecule has 1 aromatic carbocycles. The van der Waals surface area contributed by atoms with Crippen molar-refractivity contribution in [2.24, 2.45) is 23.7 Å². The molecule has 1 saturated carbocycles. The molecule has 0 radical (unpaired) electrons. The number of nitrogens with one attached hydrogen (secondary N) is 1. The number of thiazole rings is 1. The van der Waals surface area contributed by atoms with Gasteiger partial charge in [-0.2, -0.15) is 0 Å². The van der Waals surface area contributed by atoms with Gasteiger partial charge in [-0.3, -0.25) is 19.3 Å². The second-order valence-corrected chi connectivity index (χ2v) is 9.12. The lowest BCUT2D eigenvalue weighted by Gasteiger charge is -2.23. The van der Waals surface area contributed by atoms with Crippen LogP contribution in [0.4, 0.5) is 5.13 Å². The predicted molar refractivity (Wildman–Crippen MR) is 109 cm³/mol. The smallest absolute Gasteiger partial charge is 0.249 e. The number of allylic oxidation sites excluding steroid dienone is 2. The van der Waals surface area contributed by atoms with E-state index >= 15 is 0 Å². The zero-order chi connectivity index (χ0) is 20.1. The molecule has 6 nitrogen and oxygen atoms in total. The Labute approximate surface area is 172 Å². The molecule has 0 spiro atoms. The molecule has 148 valence electrons. The maximum Gasteiger partial charge on any atom is 0.249 e. The summed E-state index contributed by atoms with van der Waals surface area (Å²) in [6.07, 6.45) is 7.47. The number of nitrogens with zero attached hydrogens (tertiary/aromatic N) is 2. The zero-order valence-electron chi connectivity index (χ0n) is 15.9. The van der Waals surface area contributed by atoms with Gasteiger partial charge in [0.05, 0.1) is 11.8 Å². The van der Waals surface area contributed by atoms with Gasteiger partial charge in [-0.1, -0.05) is 42.5 Å². The molecule has 5 rings (SSSR count). The van der Waals surface area contributed by atoms with Crippen molar-refractivity contribution in [3.63, 3.8) is 0 Å². The molecule has 1 saturated heterocycles. The van der Waals surface area contributed by atoms with Crippen molar-refractivity contribution in [2.45, 2.75) is 25.8 Å². The highest BCUT2D eigenvalue weighted by atomic mass is 32.1. The molecule has 2 aromatic rings. The average molecular weight is 407 g/mol. The van der Waals surface area contributed by atoms with Gasteiger partial charge in [0.25, 0.3) is 0 Å².